The molecular weight excluding hydrogens is 356 g/mol. The second kappa shape index (κ2) is 10.8. The van der Waals surface area contributed by atoms with Crippen molar-refractivity contribution in [3.63, 3.8) is 0 Å². The maximum absolute atomic E-state index is 11.7. The van der Waals surface area contributed by atoms with E-state index < -0.39 is 0 Å². The molecule has 0 spiro atoms. The minimum atomic E-state index is -0.230. The molecule has 1 aromatic rings. The van der Waals surface area contributed by atoms with Crippen LogP contribution in [0.5, 0.6) is 5.75 Å². The summed E-state index contributed by atoms with van der Waals surface area (Å²) in [5.74, 6) is 1.47. The van der Waals surface area contributed by atoms with Crippen LogP contribution in [-0.4, -0.2) is 62.9 Å². The van der Waals surface area contributed by atoms with Gasteiger partial charge in [0.25, 0.3) is 0 Å². The maximum Gasteiger partial charge on any atom is 0.409 e. The molecule has 1 heterocycles. The van der Waals surface area contributed by atoms with Gasteiger partial charge in [0.15, 0.2) is 5.96 Å². The van der Waals surface area contributed by atoms with Gasteiger partial charge in [0.2, 0.25) is 0 Å². The van der Waals surface area contributed by atoms with E-state index in [9.17, 15) is 4.79 Å². The lowest BCUT2D eigenvalue weighted by Crippen LogP contribution is -2.50. The standard InChI is InChI=1S/C18H27ClN4O3/c1-3-25-18(24)23-10-7-15(8-11-23)22-17(20-2)21-9-12-26-16-6-4-5-14(19)13-16/h4-6,13,15H,3,7-12H2,1-2H3,(H2,20,21,22). The Hall–Kier alpha value is -2.15. The number of amides is 1. The van der Waals surface area contributed by atoms with Crippen molar-refractivity contribution in [3.05, 3.63) is 29.3 Å². The molecule has 144 valence electrons. The Bertz CT molecular complexity index is 604. The number of guanidine groups is 1. The van der Waals surface area contributed by atoms with E-state index in [1.54, 1.807) is 18.0 Å². The molecule has 0 aliphatic carbocycles. The molecule has 7 nitrogen and oxygen atoms in total. The van der Waals surface area contributed by atoms with Crippen LogP contribution >= 0.6 is 11.6 Å². The summed E-state index contributed by atoms with van der Waals surface area (Å²) in [7, 11) is 1.74. The second-order valence-corrected chi connectivity index (χ2v) is 6.35. The number of nitrogens with zero attached hydrogens (tertiary/aromatic N) is 2. The quantitative estimate of drug-likeness (QED) is 0.449. The van der Waals surface area contributed by atoms with Crippen LogP contribution in [0.4, 0.5) is 4.79 Å². The molecule has 2 N–H and O–H groups in total. The summed E-state index contributed by atoms with van der Waals surface area (Å²) in [5, 5.41) is 7.27. The van der Waals surface area contributed by atoms with Crippen LogP contribution in [0.3, 0.4) is 0 Å². The minimum absolute atomic E-state index is 0.230. The number of ether oxygens (including phenoxy) is 2. The molecule has 1 amide bonds. The smallest absolute Gasteiger partial charge is 0.409 e. The van der Waals surface area contributed by atoms with E-state index in [-0.39, 0.29) is 12.1 Å². The SMILES string of the molecule is CCOC(=O)N1CCC(NC(=NC)NCCOc2cccc(Cl)c2)CC1. The third-order valence-corrected chi connectivity index (χ3v) is 4.28. The van der Waals surface area contributed by atoms with Crippen LogP contribution in [0.15, 0.2) is 29.3 Å². The predicted octanol–water partition coefficient (Wildman–Crippen LogP) is 2.50. The lowest BCUT2D eigenvalue weighted by Gasteiger charge is -2.32. The van der Waals surface area contributed by atoms with E-state index in [4.69, 9.17) is 21.1 Å². The summed E-state index contributed by atoms with van der Waals surface area (Å²) < 4.78 is 10.7. The van der Waals surface area contributed by atoms with Crippen molar-refractivity contribution in [2.45, 2.75) is 25.8 Å². The summed E-state index contributed by atoms with van der Waals surface area (Å²) in [4.78, 5) is 17.7. The summed E-state index contributed by atoms with van der Waals surface area (Å²) in [5.41, 5.74) is 0. The number of likely N-dealkylation sites (tertiary alicyclic amines) is 1. The minimum Gasteiger partial charge on any atom is -0.492 e. The van der Waals surface area contributed by atoms with Crippen molar-refractivity contribution >= 4 is 23.7 Å². The molecule has 0 atom stereocenters. The number of rotatable bonds is 6. The van der Waals surface area contributed by atoms with Gasteiger partial charge in [-0.15, -0.1) is 0 Å². The summed E-state index contributed by atoms with van der Waals surface area (Å²) in [6.45, 7) is 4.72. The molecular formula is C18H27ClN4O3. The number of aliphatic imine (C=N–C) groups is 1. The first-order chi connectivity index (χ1) is 12.6. The molecule has 1 aliphatic rings. The molecule has 0 saturated carbocycles. The van der Waals surface area contributed by atoms with E-state index in [2.05, 4.69) is 15.6 Å². The first-order valence-corrected chi connectivity index (χ1v) is 9.27. The monoisotopic (exact) mass is 382 g/mol. The third kappa shape index (κ3) is 6.63. The summed E-state index contributed by atoms with van der Waals surface area (Å²) >= 11 is 5.93. The van der Waals surface area contributed by atoms with Crippen molar-refractivity contribution < 1.29 is 14.3 Å². The van der Waals surface area contributed by atoms with Crippen LogP contribution in [0.2, 0.25) is 5.02 Å². The highest BCUT2D eigenvalue weighted by molar-refractivity contribution is 6.30. The van der Waals surface area contributed by atoms with Crippen molar-refractivity contribution in [2.75, 3.05) is 39.9 Å². The molecule has 1 saturated heterocycles. The van der Waals surface area contributed by atoms with Gasteiger partial charge in [-0.2, -0.15) is 0 Å². The molecule has 1 aliphatic heterocycles. The van der Waals surface area contributed by atoms with Gasteiger partial charge in [-0.3, -0.25) is 4.99 Å². The normalized spacial score (nSPS) is 15.5. The highest BCUT2D eigenvalue weighted by atomic mass is 35.5. The number of benzene rings is 1. The average Bonchev–Trinajstić information content (AvgIpc) is 2.65. The maximum atomic E-state index is 11.7. The molecule has 1 fully saturated rings. The highest BCUT2D eigenvalue weighted by Gasteiger charge is 2.23. The van der Waals surface area contributed by atoms with Crippen molar-refractivity contribution in [1.82, 2.24) is 15.5 Å². The van der Waals surface area contributed by atoms with Gasteiger partial charge in [0.05, 0.1) is 13.2 Å². The molecule has 2 rings (SSSR count). The first kappa shape index (κ1) is 20.2. The number of piperidine rings is 1. The van der Waals surface area contributed by atoms with Gasteiger partial charge < -0.3 is 25.0 Å². The second-order valence-electron chi connectivity index (χ2n) is 5.91. The number of carbonyl (C=O) groups is 1. The zero-order valence-electron chi connectivity index (χ0n) is 15.3. The van der Waals surface area contributed by atoms with E-state index in [0.29, 0.717) is 37.9 Å². The van der Waals surface area contributed by atoms with Crippen LogP contribution in [0, 0.1) is 0 Å². The van der Waals surface area contributed by atoms with Gasteiger partial charge in [-0.25, -0.2) is 4.79 Å². The Morgan fingerprint density at radius 1 is 1.38 bits per heavy atom. The fourth-order valence-corrected chi connectivity index (χ4v) is 2.88. The molecule has 0 radical (unpaired) electrons. The molecule has 26 heavy (non-hydrogen) atoms. The van der Waals surface area contributed by atoms with Crippen LogP contribution in [0.1, 0.15) is 19.8 Å². The molecule has 0 aromatic heterocycles. The largest absolute Gasteiger partial charge is 0.492 e. The number of hydrogen-bond donors (Lipinski definition) is 2. The number of hydrogen-bond acceptors (Lipinski definition) is 4. The van der Waals surface area contributed by atoms with Crippen molar-refractivity contribution in [1.29, 1.82) is 0 Å². The predicted molar refractivity (Wildman–Crippen MR) is 103 cm³/mol. The van der Waals surface area contributed by atoms with E-state index in [0.717, 1.165) is 24.6 Å². The van der Waals surface area contributed by atoms with Crippen molar-refractivity contribution in [3.8, 4) is 5.75 Å². The Labute approximate surface area is 159 Å². The van der Waals surface area contributed by atoms with Crippen LogP contribution in [-0.2, 0) is 4.74 Å². The van der Waals surface area contributed by atoms with Crippen molar-refractivity contribution in [2.24, 2.45) is 4.99 Å². The van der Waals surface area contributed by atoms with E-state index in [1.807, 2.05) is 25.1 Å². The highest BCUT2D eigenvalue weighted by Crippen LogP contribution is 2.16. The Balaban J connectivity index is 1.66. The van der Waals surface area contributed by atoms with Gasteiger partial charge in [0.1, 0.15) is 12.4 Å². The van der Waals surface area contributed by atoms with Gasteiger partial charge in [0, 0.05) is 31.2 Å². The lowest BCUT2D eigenvalue weighted by molar-refractivity contribution is 0.0963. The Morgan fingerprint density at radius 3 is 2.81 bits per heavy atom. The average molecular weight is 383 g/mol. The molecule has 0 unspecified atom stereocenters. The topological polar surface area (TPSA) is 75.2 Å². The van der Waals surface area contributed by atoms with Gasteiger partial charge in [-0.1, -0.05) is 17.7 Å². The molecule has 8 heteroatoms. The Kier molecular flexibility index (Phi) is 8.34. The Morgan fingerprint density at radius 2 is 2.15 bits per heavy atom. The van der Waals surface area contributed by atoms with Crippen LogP contribution < -0.4 is 15.4 Å². The summed E-state index contributed by atoms with van der Waals surface area (Å²) in [6.07, 6.45) is 1.49. The zero-order valence-corrected chi connectivity index (χ0v) is 16.1. The van der Waals surface area contributed by atoms with E-state index >= 15 is 0 Å². The summed E-state index contributed by atoms with van der Waals surface area (Å²) in [6, 6.07) is 7.60. The molecule has 1 aromatic carbocycles. The zero-order chi connectivity index (χ0) is 18.8. The fraction of sp³-hybridized carbons (Fsp3) is 0.556. The van der Waals surface area contributed by atoms with Gasteiger partial charge >= 0.3 is 6.09 Å². The molecule has 0 bridgehead atoms. The third-order valence-electron chi connectivity index (χ3n) is 4.04. The number of nitrogens with one attached hydrogen (secondary N) is 2. The fourth-order valence-electron chi connectivity index (χ4n) is 2.70. The van der Waals surface area contributed by atoms with Gasteiger partial charge in [-0.05, 0) is 38.0 Å². The lowest BCUT2D eigenvalue weighted by atomic mass is 10.1. The number of halogens is 1. The number of carbonyl (C=O) groups excluding carboxylic acids is 1. The first-order valence-electron chi connectivity index (χ1n) is 8.89. The van der Waals surface area contributed by atoms with E-state index in [1.165, 1.54) is 0 Å². The van der Waals surface area contributed by atoms with Crippen LogP contribution in [0.25, 0.3) is 0 Å².